The number of rotatable bonds is 5. The highest BCUT2D eigenvalue weighted by atomic mass is 16.6. The van der Waals surface area contributed by atoms with Crippen molar-refractivity contribution < 1.29 is 19.7 Å². The smallest absolute Gasteiger partial charge is 0.336 e. The van der Waals surface area contributed by atoms with Crippen molar-refractivity contribution >= 4 is 17.3 Å². The molecule has 0 radical (unpaired) electrons. The number of nitrogens with zero attached hydrogens (tertiary/aromatic N) is 2. The lowest BCUT2D eigenvalue weighted by atomic mass is 10.0. The van der Waals surface area contributed by atoms with E-state index in [9.17, 15) is 25.0 Å². The summed E-state index contributed by atoms with van der Waals surface area (Å²) in [4.78, 5) is 30.8. The number of benzene rings is 1. The second-order valence-electron chi connectivity index (χ2n) is 3.56. The summed E-state index contributed by atoms with van der Waals surface area (Å²) >= 11 is 0. The maximum absolute atomic E-state index is 10.8. The third-order valence-corrected chi connectivity index (χ3v) is 2.34. The van der Waals surface area contributed by atoms with Crippen molar-refractivity contribution in [2.45, 2.75) is 19.8 Å². The largest absolute Gasteiger partial charge is 0.478 e. The fourth-order valence-corrected chi connectivity index (χ4v) is 1.60. The van der Waals surface area contributed by atoms with E-state index in [1.54, 1.807) is 6.92 Å². The highest BCUT2D eigenvalue weighted by Gasteiger charge is 2.27. The molecule has 8 heteroatoms. The molecule has 18 heavy (non-hydrogen) atoms. The Labute approximate surface area is 101 Å². The van der Waals surface area contributed by atoms with Gasteiger partial charge < -0.3 is 5.11 Å². The molecule has 0 spiro atoms. The Kier molecular flexibility index (Phi) is 3.93. The van der Waals surface area contributed by atoms with Gasteiger partial charge in [-0.3, -0.25) is 20.2 Å². The van der Waals surface area contributed by atoms with E-state index in [-0.39, 0.29) is 12.0 Å². The van der Waals surface area contributed by atoms with Crippen LogP contribution in [0.1, 0.15) is 29.3 Å². The van der Waals surface area contributed by atoms with Crippen LogP contribution in [0.4, 0.5) is 11.4 Å². The Hall–Kier alpha value is -2.51. The lowest BCUT2D eigenvalue weighted by molar-refractivity contribution is -0.395. The van der Waals surface area contributed by atoms with Gasteiger partial charge in [0, 0.05) is 12.1 Å². The van der Waals surface area contributed by atoms with Crippen molar-refractivity contribution in [2.24, 2.45) is 0 Å². The molecule has 8 nitrogen and oxygen atoms in total. The summed E-state index contributed by atoms with van der Waals surface area (Å²) < 4.78 is 0. The SMILES string of the molecule is CCCc1c([N+](=O)[O-])cc(C(=O)O)cc1[N+](=O)[O-]. The molecule has 0 fully saturated rings. The quantitative estimate of drug-likeness (QED) is 0.634. The van der Waals surface area contributed by atoms with Crippen LogP contribution in [0.3, 0.4) is 0 Å². The summed E-state index contributed by atoms with van der Waals surface area (Å²) in [6.45, 7) is 1.72. The van der Waals surface area contributed by atoms with Crippen LogP contribution in [-0.4, -0.2) is 20.9 Å². The number of carbonyl (C=O) groups is 1. The zero-order chi connectivity index (χ0) is 13.9. The number of aromatic carboxylic acids is 1. The summed E-state index contributed by atoms with van der Waals surface area (Å²) in [6, 6.07) is 1.70. The summed E-state index contributed by atoms with van der Waals surface area (Å²) in [5, 5.41) is 30.4. The summed E-state index contributed by atoms with van der Waals surface area (Å²) in [5.74, 6) is -1.44. The molecular weight excluding hydrogens is 244 g/mol. The molecule has 96 valence electrons. The Morgan fingerprint density at radius 2 is 1.67 bits per heavy atom. The summed E-state index contributed by atoms with van der Waals surface area (Å²) in [5.41, 5.74) is -1.56. The standard InChI is InChI=1S/C10H10N2O6/c1-2-3-7-8(11(15)16)4-6(10(13)14)5-9(7)12(17)18/h4-5H,2-3H2,1H3,(H,13,14). The molecule has 1 aromatic carbocycles. The third kappa shape index (κ3) is 2.59. The average molecular weight is 254 g/mol. The van der Waals surface area contributed by atoms with Crippen molar-refractivity contribution in [1.29, 1.82) is 0 Å². The zero-order valence-corrected chi connectivity index (χ0v) is 9.45. The molecule has 1 rings (SSSR count). The van der Waals surface area contributed by atoms with Crippen molar-refractivity contribution in [3.8, 4) is 0 Å². The minimum absolute atomic E-state index is 0.0440. The first-order chi connectivity index (χ1) is 8.38. The number of nitro benzene ring substituents is 2. The molecule has 0 saturated carbocycles. The van der Waals surface area contributed by atoms with Gasteiger partial charge in [-0.2, -0.15) is 0 Å². The minimum atomic E-state index is -1.44. The van der Waals surface area contributed by atoms with Gasteiger partial charge in [0.1, 0.15) is 5.56 Å². The van der Waals surface area contributed by atoms with Crippen LogP contribution in [-0.2, 0) is 6.42 Å². The van der Waals surface area contributed by atoms with Gasteiger partial charge in [0.15, 0.2) is 0 Å². The Balaban J connectivity index is 3.59. The van der Waals surface area contributed by atoms with Crippen LogP contribution in [0.15, 0.2) is 12.1 Å². The normalized spacial score (nSPS) is 10.1. The molecule has 1 N–H and O–H groups in total. The Morgan fingerprint density at radius 1 is 1.22 bits per heavy atom. The maximum Gasteiger partial charge on any atom is 0.336 e. The highest BCUT2D eigenvalue weighted by molar-refractivity contribution is 5.90. The van der Waals surface area contributed by atoms with Crippen LogP contribution in [0.2, 0.25) is 0 Å². The lowest BCUT2D eigenvalue weighted by Gasteiger charge is -2.04. The minimum Gasteiger partial charge on any atom is -0.478 e. The second kappa shape index (κ2) is 5.21. The fraction of sp³-hybridized carbons (Fsp3) is 0.300. The van der Waals surface area contributed by atoms with E-state index < -0.39 is 32.8 Å². The van der Waals surface area contributed by atoms with E-state index in [2.05, 4.69) is 0 Å². The third-order valence-electron chi connectivity index (χ3n) is 2.34. The van der Waals surface area contributed by atoms with Crippen LogP contribution in [0.5, 0.6) is 0 Å². The molecule has 0 atom stereocenters. The molecule has 0 aliphatic carbocycles. The monoisotopic (exact) mass is 254 g/mol. The zero-order valence-electron chi connectivity index (χ0n) is 9.45. The highest BCUT2D eigenvalue weighted by Crippen LogP contribution is 2.31. The first-order valence-electron chi connectivity index (χ1n) is 5.07. The number of carboxylic acid groups (broad SMARTS) is 1. The number of nitro groups is 2. The van der Waals surface area contributed by atoms with Crippen molar-refractivity contribution in [3.05, 3.63) is 43.5 Å². The first kappa shape index (κ1) is 13.6. The van der Waals surface area contributed by atoms with E-state index in [4.69, 9.17) is 5.11 Å². The number of hydrogen-bond donors (Lipinski definition) is 1. The van der Waals surface area contributed by atoms with E-state index in [1.165, 1.54) is 0 Å². The molecule has 0 aliphatic rings. The predicted molar refractivity (Wildman–Crippen MR) is 60.7 cm³/mol. The van der Waals surface area contributed by atoms with Gasteiger partial charge in [0.05, 0.1) is 15.4 Å². The van der Waals surface area contributed by atoms with Gasteiger partial charge in [-0.05, 0) is 6.42 Å². The molecule has 0 aliphatic heterocycles. The average Bonchev–Trinajstić information content (AvgIpc) is 2.28. The molecule has 0 aromatic heterocycles. The predicted octanol–water partition coefficient (Wildman–Crippen LogP) is 2.15. The van der Waals surface area contributed by atoms with Crippen molar-refractivity contribution in [1.82, 2.24) is 0 Å². The first-order valence-corrected chi connectivity index (χ1v) is 5.07. The Morgan fingerprint density at radius 3 is 1.94 bits per heavy atom. The Bertz CT molecular complexity index is 490. The van der Waals surface area contributed by atoms with E-state index in [0.29, 0.717) is 6.42 Å². The number of carboxylic acids is 1. The molecule has 0 unspecified atom stereocenters. The molecule has 0 heterocycles. The van der Waals surface area contributed by atoms with Crippen molar-refractivity contribution in [3.63, 3.8) is 0 Å². The fourth-order valence-electron chi connectivity index (χ4n) is 1.60. The maximum atomic E-state index is 10.8. The van der Waals surface area contributed by atoms with E-state index in [1.807, 2.05) is 0 Å². The lowest BCUT2D eigenvalue weighted by Crippen LogP contribution is -2.05. The summed E-state index contributed by atoms with van der Waals surface area (Å²) in [7, 11) is 0. The van der Waals surface area contributed by atoms with Gasteiger partial charge in [0.2, 0.25) is 0 Å². The molecule has 0 amide bonds. The molecule has 0 saturated heterocycles. The second-order valence-corrected chi connectivity index (χ2v) is 3.56. The van der Waals surface area contributed by atoms with E-state index in [0.717, 1.165) is 12.1 Å². The van der Waals surface area contributed by atoms with Gasteiger partial charge in [-0.25, -0.2) is 4.79 Å². The van der Waals surface area contributed by atoms with Gasteiger partial charge in [-0.1, -0.05) is 13.3 Å². The van der Waals surface area contributed by atoms with Crippen LogP contribution < -0.4 is 0 Å². The number of hydrogen-bond acceptors (Lipinski definition) is 5. The molecule has 1 aromatic rings. The summed E-state index contributed by atoms with van der Waals surface area (Å²) in [6.07, 6.45) is 0.626. The van der Waals surface area contributed by atoms with Gasteiger partial charge in [0.25, 0.3) is 11.4 Å². The molecule has 0 bridgehead atoms. The van der Waals surface area contributed by atoms with Crippen LogP contribution >= 0.6 is 0 Å². The van der Waals surface area contributed by atoms with Crippen LogP contribution in [0, 0.1) is 20.2 Å². The topological polar surface area (TPSA) is 124 Å². The van der Waals surface area contributed by atoms with Crippen molar-refractivity contribution in [2.75, 3.05) is 0 Å². The van der Waals surface area contributed by atoms with Gasteiger partial charge in [-0.15, -0.1) is 0 Å². The molecular formula is C10H10N2O6. The van der Waals surface area contributed by atoms with Crippen LogP contribution in [0.25, 0.3) is 0 Å². The van der Waals surface area contributed by atoms with E-state index >= 15 is 0 Å². The van der Waals surface area contributed by atoms with Gasteiger partial charge >= 0.3 is 5.97 Å².